The topological polar surface area (TPSA) is 75.7 Å². The van der Waals surface area contributed by atoms with Crippen molar-refractivity contribution < 1.29 is 17.9 Å². The first-order valence-electron chi connectivity index (χ1n) is 8.32. The number of amides is 1. The van der Waals surface area contributed by atoms with Crippen LogP contribution < -0.4 is 5.32 Å². The van der Waals surface area contributed by atoms with Gasteiger partial charge in [0, 0.05) is 18.8 Å². The third-order valence-corrected chi connectivity index (χ3v) is 6.56. The van der Waals surface area contributed by atoms with Crippen LogP contribution in [-0.2, 0) is 14.8 Å². The largest absolute Gasteiger partial charge is 0.453 e. The van der Waals surface area contributed by atoms with Crippen LogP contribution in [0.3, 0.4) is 0 Å². The predicted molar refractivity (Wildman–Crippen MR) is 95.8 cm³/mol. The highest BCUT2D eigenvalue weighted by atomic mass is 32.2. The van der Waals surface area contributed by atoms with Gasteiger partial charge in [-0.1, -0.05) is 18.2 Å². The second-order valence-electron chi connectivity index (χ2n) is 6.16. The summed E-state index contributed by atoms with van der Waals surface area (Å²) in [5.41, 5.74) is 1.83. The number of piperidine rings is 1. The van der Waals surface area contributed by atoms with Gasteiger partial charge in [0.2, 0.25) is 10.0 Å². The minimum Gasteiger partial charge on any atom is -0.453 e. The van der Waals surface area contributed by atoms with Crippen molar-refractivity contribution in [2.24, 2.45) is 5.92 Å². The highest BCUT2D eigenvalue weighted by Gasteiger charge is 2.30. The maximum absolute atomic E-state index is 12.8. The summed E-state index contributed by atoms with van der Waals surface area (Å²) in [6.45, 7) is 1.06. The molecule has 1 fully saturated rings. The number of carbonyl (C=O) groups excluding carboxylic acids is 1. The molecule has 3 rings (SSSR count). The van der Waals surface area contributed by atoms with E-state index in [2.05, 4.69) is 28.3 Å². The Morgan fingerprint density at radius 3 is 2.44 bits per heavy atom. The number of nitrogens with one attached hydrogen (secondary N) is 1. The van der Waals surface area contributed by atoms with E-state index in [1.807, 2.05) is 0 Å². The van der Waals surface area contributed by atoms with Gasteiger partial charge in [-0.2, -0.15) is 4.31 Å². The van der Waals surface area contributed by atoms with Crippen LogP contribution in [-0.4, -0.2) is 39.0 Å². The van der Waals surface area contributed by atoms with Crippen LogP contribution in [0.5, 0.6) is 0 Å². The van der Waals surface area contributed by atoms with Gasteiger partial charge in [0.25, 0.3) is 0 Å². The molecule has 1 N–H and O–H groups in total. The summed E-state index contributed by atoms with van der Waals surface area (Å²) >= 11 is 0. The fourth-order valence-corrected chi connectivity index (χ4v) is 4.71. The molecule has 1 saturated heterocycles. The van der Waals surface area contributed by atoms with E-state index in [1.165, 1.54) is 24.8 Å². The Morgan fingerprint density at radius 1 is 1.20 bits per heavy atom. The maximum Gasteiger partial charge on any atom is 0.411 e. The lowest BCUT2D eigenvalue weighted by Crippen LogP contribution is -2.38. The number of methoxy groups -OCH3 is 1. The van der Waals surface area contributed by atoms with E-state index in [9.17, 15) is 13.2 Å². The molecule has 2 aliphatic rings. The molecule has 1 aromatic rings. The number of sulfonamides is 1. The monoisotopic (exact) mass is 362 g/mol. The zero-order chi connectivity index (χ0) is 17.9. The lowest BCUT2D eigenvalue weighted by Gasteiger charge is -2.31. The molecule has 25 heavy (non-hydrogen) atoms. The number of carbonyl (C=O) groups is 1. The van der Waals surface area contributed by atoms with E-state index in [1.54, 1.807) is 16.4 Å². The summed E-state index contributed by atoms with van der Waals surface area (Å²) in [6, 6.07) is 6.14. The molecule has 0 atom stereocenters. The SMILES string of the molecule is COC(=O)Nc1ccc(S(=O)(=O)N2CCC(C3=CCC=C3)CC2)cc1. The molecule has 0 saturated carbocycles. The molecule has 1 amide bonds. The predicted octanol–water partition coefficient (Wildman–Crippen LogP) is 3.15. The molecule has 0 spiro atoms. The molecule has 7 heteroatoms. The van der Waals surface area contributed by atoms with Crippen molar-refractivity contribution in [2.45, 2.75) is 24.2 Å². The van der Waals surface area contributed by atoms with Crippen molar-refractivity contribution in [3.8, 4) is 0 Å². The van der Waals surface area contributed by atoms with Crippen molar-refractivity contribution >= 4 is 21.8 Å². The second-order valence-corrected chi connectivity index (χ2v) is 8.10. The second kappa shape index (κ2) is 7.41. The Balaban J connectivity index is 1.65. The molecule has 1 aliphatic carbocycles. The van der Waals surface area contributed by atoms with Crippen molar-refractivity contribution in [2.75, 3.05) is 25.5 Å². The fraction of sp³-hybridized carbons (Fsp3) is 0.389. The van der Waals surface area contributed by atoms with E-state index < -0.39 is 16.1 Å². The molecular formula is C18H22N2O4S. The van der Waals surface area contributed by atoms with Gasteiger partial charge in [-0.3, -0.25) is 5.32 Å². The van der Waals surface area contributed by atoms with Crippen molar-refractivity contribution in [3.63, 3.8) is 0 Å². The molecule has 0 bridgehead atoms. The van der Waals surface area contributed by atoms with Crippen LogP contribution >= 0.6 is 0 Å². The number of hydrogen-bond donors (Lipinski definition) is 1. The average Bonchev–Trinajstić information content (AvgIpc) is 3.17. The molecule has 0 radical (unpaired) electrons. The van der Waals surface area contributed by atoms with Crippen LogP contribution in [0.4, 0.5) is 10.5 Å². The van der Waals surface area contributed by atoms with Crippen molar-refractivity contribution in [1.82, 2.24) is 4.31 Å². The third kappa shape index (κ3) is 3.93. The molecule has 1 aromatic carbocycles. The van der Waals surface area contributed by atoms with E-state index in [0.29, 0.717) is 24.7 Å². The summed E-state index contributed by atoms with van der Waals surface area (Å²) in [6.07, 6.45) is 8.61. The van der Waals surface area contributed by atoms with Gasteiger partial charge < -0.3 is 4.74 Å². The smallest absolute Gasteiger partial charge is 0.411 e. The van der Waals surface area contributed by atoms with E-state index >= 15 is 0 Å². The number of rotatable bonds is 4. The van der Waals surface area contributed by atoms with Gasteiger partial charge >= 0.3 is 6.09 Å². The maximum atomic E-state index is 12.8. The van der Waals surface area contributed by atoms with Crippen LogP contribution in [0, 0.1) is 5.92 Å². The van der Waals surface area contributed by atoms with Crippen molar-refractivity contribution in [3.05, 3.63) is 48.1 Å². The summed E-state index contributed by atoms with van der Waals surface area (Å²) in [7, 11) is -2.23. The minimum atomic E-state index is -3.51. The Kier molecular flexibility index (Phi) is 5.24. The Hall–Kier alpha value is -2.12. The summed E-state index contributed by atoms with van der Waals surface area (Å²) in [5, 5.41) is 2.50. The lowest BCUT2D eigenvalue weighted by molar-refractivity contribution is 0.187. The first kappa shape index (κ1) is 17.7. The highest BCUT2D eigenvalue weighted by Crippen LogP contribution is 2.31. The molecule has 1 aliphatic heterocycles. The van der Waals surface area contributed by atoms with Gasteiger partial charge in [0.15, 0.2) is 0 Å². The number of nitrogens with zero attached hydrogens (tertiary/aromatic N) is 1. The standard InChI is InChI=1S/C18H22N2O4S/c1-24-18(21)19-16-6-8-17(9-7-16)25(22,23)20-12-10-15(11-13-20)14-4-2-3-5-14/h2,4-9,15H,3,10-13H2,1H3,(H,19,21). The highest BCUT2D eigenvalue weighted by molar-refractivity contribution is 7.89. The third-order valence-electron chi connectivity index (χ3n) is 4.65. The van der Waals surface area contributed by atoms with E-state index in [0.717, 1.165) is 19.3 Å². The van der Waals surface area contributed by atoms with Crippen LogP contribution in [0.1, 0.15) is 19.3 Å². The number of anilines is 1. The van der Waals surface area contributed by atoms with Crippen molar-refractivity contribution in [1.29, 1.82) is 0 Å². The summed E-state index contributed by atoms with van der Waals surface area (Å²) < 4.78 is 31.6. The number of ether oxygens (including phenoxy) is 1. The normalized spacial score (nSPS) is 18.8. The zero-order valence-electron chi connectivity index (χ0n) is 14.1. The molecule has 134 valence electrons. The van der Waals surface area contributed by atoms with Gasteiger partial charge in [-0.25, -0.2) is 13.2 Å². The van der Waals surface area contributed by atoms with Gasteiger partial charge in [-0.15, -0.1) is 0 Å². The number of benzene rings is 1. The zero-order valence-corrected chi connectivity index (χ0v) is 15.0. The van der Waals surface area contributed by atoms with Crippen LogP contribution in [0.2, 0.25) is 0 Å². The summed E-state index contributed by atoms with van der Waals surface area (Å²) in [4.78, 5) is 11.4. The quantitative estimate of drug-likeness (QED) is 0.893. The van der Waals surface area contributed by atoms with E-state index in [4.69, 9.17) is 0 Å². The van der Waals surface area contributed by atoms with Crippen LogP contribution in [0.15, 0.2) is 53.0 Å². The van der Waals surface area contributed by atoms with Gasteiger partial charge in [0.05, 0.1) is 12.0 Å². The minimum absolute atomic E-state index is 0.237. The van der Waals surface area contributed by atoms with E-state index in [-0.39, 0.29) is 4.90 Å². The summed E-state index contributed by atoms with van der Waals surface area (Å²) in [5.74, 6) is 0.455. The number of allylic oxidation sites excluding steroid dienone is 4. The molecular weight excluding hydrogens is 340 g/mol. The molecule has 0 aromatic heterocycles. The fourth-order valence-electron chi connectivity index (χ4n) is 3.24. The first-order valence-corrected chi connectivity index (χ1v) is 9.76. The Labute approximate surface area is 148 Å². The molecule has 1 heterocycles. The first-order chi connectivity index (χ1) is 12.0. The van der Waals surface area contributed by atoms with Gasteiger partial charge in [-0.05, 0) is 55.0 Å². The van der Waals surface area contributed by atoms with Gasteiger partial charge in [0.1, 0.15) is 0 Å². The molecule has 6 nitrogen and oxygen atoms in total. The number of hydrogen-bond acceptors (Lipinski definition) is 4. The molecule has 0 unspecified atom stereocenters. The Morgan fingerprint density at radius 2 is 1.88 bits per heavy atom. The Bertz CT molecular complexity index is 789. The lowest BCUT2D eigenvalue weighted by atomic mass is 9.91. The van der Waals surface area contributed by atoms with Crippen LogP contribution in [0.25, 0.3) is 0 Å². The average molecular weight is 362 g/mol.